The Bertz CT molecular complexity index is 691. The highest BCUT2D eigenvalue weighted by Gasteiger charge is 2.42. The summed E-state index contributed by atoms with van der Waals surface area (Å²) in [5, 5.41) is 0. The summed E-state index contributed by atoms with van der Waals surface area (Å²) in [5.41, 5.74) is 2.19. The molecule has 0 aliphatic carbocycles. The maximum atomic E-state index is 13.3. The van der Waals surface area contributed by atoms with Crippen LogP contribution >= 0.6 is 15.9 Å². The van der Waals surface area contributed by atoms with Crippen LogP contribution in [0.4, 0.5) is 4.39 Å². The summed E-state index contributed by atoms with van der Waals surface area (Å²) < 4.78 is 14.3. The SMILES string of the molecule is Fc1cccc(CN2CC3CC2CN3Cc2ccc(Br)cn2)c1. The molecule has 2 atom stereocenters. The van der Waals surface area contributed by atoms with Crippen LogP contribution in [0.5, 0.6) is 0 Å². The zero-order valence-electron chi connectivity index (χ0n) is 12.8. The Morgan fingerprint density at radius 2 is 1.87 bits per heavy atom. The normalized spacial score (nSPS) is 24.4. The maximum Gasteiger partial charge on any atom is 0.123 e. The summed E-state index contributed by atoms with van der Waals surface area (Å²) >= 11 is 3.43. The predicted molar refractivity (Wildman–Crippen MR) is 91.4 cm³/mol. The maximum absolute atomic E-state index is 13.3. The minimum Gasteiger partial charge on any atom is -0.293 e. The molecule has 2 bridgehead atoms. The molecule has 0 radical (unpaired) electrons. The molecule has 2 aliphatic rings. The summed E-state index contributed by atoms with van der Waals surface area (Å²) in [5.74, 6) is -0.144. The third kappa shape index (κ3) is 3.32. The molecule has 0 saturated carbocycles. The van der Waals surface area contributed by atoms with E-state index in [2.05, 4.69) is 36.8 Å². The molecule has 3 nitrogen and oxygen atoms in total. The Morgan fingerprint density at radius 1 is 1.09 bits per heavy atom. The molecule has 2 fully saturated rings. The van der Waals surface area contributed by atoms with Crippen molar-refractivity contribution in [2.24, 2.45) is 0 Å². The third-order valence-electron chi connectivity index (χ3n) is 4.90. The standard InChI is InChI=1S/C18H19BrFN3/c19-14-4-5-16(21-8-14)10-23-12-17-7-18(23)11-22(17)9-13-2-1-3-15(20)6-13/h1-6,8,17-18H,7,9-12H2. The second-order valence-corrected chi connectivity index (χ2v) is 7.42. The van der Waals surface area contributed by atoms with Crippen molar-refractivity contribution in [2.75, 3.05) is 13.1 Å². The van der Waals surface area contributed by atoms with Crippen molar-refractivity contribution in [3.05, 3.63) is 64.1 Å². The second kappa shape index (κ2) is 6.30. The van der Waals surface area contributed by atoms with E-state index < -0.39 is 0 Å². The number of halogens is 2. The monoisotopic (exact) mass is 375 g/mol. The highest BCUT2D eigenvalue weighted by molar-refractivity contribution is 9.10. The number of fused-ring (bicyclic) bond motifs is 2. The zero-order chi connectivity index (χ0) is 15.8. The lowest BCUT2D eigenvalue weighted by Crippen LogP contribution is -2.45. The topological polar surface area (TPSA) is 19.4 Å². The van der Waals surface area contributed by atoms with Crippen LogP contribution < -0.4 is 0 Å². The van der Waals surface area contributed by atoms with Gasteiger partial charge in [0.25, 0.3) is 0 Å². The molecule has 0 spiro atoms. The number of benzene rings is 1. The quantitative estimate of drug-likeness (QED) is 0.815. The first-order valence-corrected chi connectivity index (χ1v) is 8.79. The molecule has 2 unspecified atom stereocenters. The largest absolute Gasteiger partial charge is 0.293 e. The molecular weight excluding hydrogens is 357 g/mol. The average molecular weight is 376 g/mol. The molecule has 3 heterocycles. The van der Waals surface area contributed by atoms with Gasteiger partial charge in [0.1, 0.15) is 5.82 Å². The fraction of sp³-hybridized carbons (Fsp3) is 0.389. The smallest absolute Gasteiger partial charge is 0.123 e. The third-order valence-corrected chi connectivity index (χ3v) is 5.36. The fourth-order valence-electron chi connectivity index (χ4n) is 3.80. The fourth-order valence-corrected chi connectivity index (χ4v) is 4.03. The number of likely N-dealkylation sites (tertiary alicyclic amines) is 2. The van der Waals surface area contributed by atoms with Crippen LogP contribution in [0.25, 0.3) is 0 Å². The van der Waals surface area contributed by atoms with Crippen molar-refractivity contribution in [1.82, 2.24) is 14.8 Å². The van der Waals surface area contributed by atoms with E-state index in [-0.39, 0.29) is 5.82 Å². The average Bonchev–Trinajstić information content (AvgIpc) is 3.09. The van der Waals surface area contributed by atoms with Gasteiger partial charge in [-0.2, -0.15) is 0 Å². The molecule has 2 saturated heterocycles. The van der Waals surface area contributed by atoms with E-state index in [1.54, 1.807) is 12.1 Å². The molecule has 5 heteroatoms. The van der Waals surface area contributed by atoms with Gasteiger partial charge in [0.2, 0.25) is 0 Å². The van der Waals surface area contributed by atoms with Gasteiger partial charge in [-0.05, 0) is 52.2 Å². The van der Waals surface area contributed by atoms with Crippen molar-refractivity contribution in [2.45, 2.75) is 31.6 Å². The van der Waals surface area contributed by atoms with E-state index in [1.807, 2.05) is 18.3 Å². The molecule has 2 aliphatic heterocycles. The molecule has 0 N–H and O–H groups in total. The number of hydrogen-bond acceptors (Lipinski definition) is 3. The Labute approximate surface area is 144 Å². The zero-order valence-corrected chi connectivity index (χ0v) is 14.4. The van der Waals surface area contributed by atoms with Gasteiger partial charge in [0.15, 0.2) is 0 Å². The highest BCUT2D eigenvalue weighted by atomic mass is 79.9. The Morgan fingerprint density at radius 3 is 2.52 bits per heavy atom. The highest BCUT2D eigenvalue weighted by Crippen LogP contribution is 2.32. The van der Waals surface area contributed by atoms with Crippen LogP contribution in [0.3, 0.4) is 0 Å². The van der Waals surface area contributed by atoms with E-state index >= 15 is 0 Å². The summed E-state index contributed by atoms with van der Waals surface area (Å²) in [6.45, 7) is 3.92. The van der Waals surface area contributed by atoms with Crippen molar-refractivity contribution < 1.29 is 4.39 Å². The van der Waals surface area contributed by atoms with Crippen LogP contribution in [-0.4, -0.2) is 40.0 Å². The van der Waals surface area contributed by atoms with Crippen LogP contribution in [-0.2, 0) is 13.1 Å². The lowest BCUT2D eigenvalue weighted by molar-refractivity contribution is 0.117. The van der Waals surface area contributed by atoms with Gasteiger partial charge < -0.3 is 0 Å². The van der Waals surface area contributed by atoms with E-state index in [0.717, 1.165) is 41.9 Å². The van der Waals surface area contributed by atoms with E-state index in [9.17, 15) is 4.39 Å². The molecule has 1 aromatic heterocycles. The number of hydrogen-bond donors (Lipinski definition) is 0. The molecule has 4 rings (SSSR count). The predicted octanol–water partition coefficient (Wildman–Crippen LogP) is 3.44. The summed E-state index contributed by atoms with van der Waals surface area (Å²) in [6.07, 6.45) is 3.08. The Kier molecular flexibility index (Phi) is 4.18. The molecule has 120 valence electrons. The first-order valence-electron chi connectivity index (χ1n) is 8.00. The van der Waals surface area contributed by atoms with E-state index in [1.165, 1.54) is 12.5 Å². The van der Waals surface area contributed by atoms with Gasteiger partial charge in [-0.1, -0.05) is 12.1 Å². The summed E-state index contributed by atoms with van der Waals surface area (Å²) in [7, 11) is 0. The van der Waals surface area contributed by atoms with Gasteiger partial charge in [-0.3, -0.25) is 14.8 Å². The summed E-state index contributed by atoms with van der Waals surface area (Å²) in [6, 6.07) is 12.3. The van der Waals surface area contributed by atoms with Crippen molar-refractivity contribution in [3.8, 4) is 0 Å². The van der Waals surface area contributed by atoms with Gasteiger partial charge in [0.05, 0.1) is 5.69 Å². The van der Waals surface area contributed by atoms with Gasteiger partial charge >= 0.3 is 0 Å². The van der Waals surface area contributed by atoms with E-state index in [4.69, 9.17) is 0 Å². The number of piperazine rings is 1. The van der Waals surface area contributed by atoms with Crippen molar-refractivity contribution in [3.63, 3.8) is 0 Å². The molecule has 23 heavy (non-hydrogen) atoms. The van der Waals surface area contributed by atoms with Gasteiger partial charge in [0, 0.05) is 48.9 Å². The number of pyridine rings is 1. The second-order valence-electron chi connectivity index (χ2n) is 6.50. The van der Waals surface area contributed by atoms with Crippen LogP contribution in [0, 0.1) is 5.82 Å². The molecule has 1 aromatic carbocycles. The minimum atomic E-state index is -0.144. The Hall–Kier alpha value is -1.30. The lowest BCUT2D eigenvalue weighted by Gasteiger charge is -2.34. The number of nitrogens with zero attached hydrogens (tertiary/aromatic N) is 3. The number of rotatable bonds is 4. The molecular formula is C18H19BrFN3. The van der Waals surface area contributed by atoms with Crippen LogP contribution in [0.2, 0.25) is 0 Å². The Balaban J connectivity index is 1.37. The van der Waals surface area contributed by atoms with Crippen LogP contribution in [0.1, 0.15) is 17.7 Å². The van der Waals surface area contributed by atoms with E-state index in [0.29, 0.717) is 12.1 Å². The minimum absolute atomic E-state index is 0.144. The van der Waals surface area contributed by atoms with Crippen molar-refractivity contribution >= 4 is 15.9 Å². The number of aromatic nitrogens is 1. The van der Waals surface area contributed by atoms with Crippen molar-refractivity contribution in [1.29, 1.82) is 0 Å². The van der Waals surface area contributed by atoms with Gasteiger partial charge in [-0.15, -0.1) is 0 Å². The first-order chi connectivity index (χ1) is 11.2. The lowest BCUT2D eigenvalue weighted by atomic mass is 10.2. The first kappa shape index (κ1) is 15.2. The van der Waals surface area contributed by atoms with Gasteiger partial charge in [-0.25, -0.2) is 4.39 Å². The molecule has 2 aromatic rings. The van der Waals surface area contributed by atoms with Crippen LogP contribution in [0.15, 0.2) is 47.1 Å². The summed E-state index contributed by atoms with van der Waals surface area (Å²) in [4.78, 5) is 9.50. The molecule has 0 amide bonds.